The molecule has 1 aromatic rings. The molecular weight excluding hydrogens is 314 g/mol. The number of sulfone groups is 1. The monoisotopic (exact) mass is 329 g/mol. The summed E-state index contributed by atoms with van der Waals surface area (Å²) in [5.74, 6) is -1.66. The molecule has 0 atom stereocenters. The molecule has 114 valence electrons. The third-order valence-electron chi connectivity index (χ3n) is 2.43. The number of hydrogen-bond acceptors (Lipinski definition) is 5. The van der Waals surface area contributed by atoms with E-state index in [1.54, 1.807) is 12.1 Å². The summed E-state index contributed by atoms with van der Waals surface area (Å²) in [6.45, 7) is 0.0496. The van der Waals surface area contributed by atoms with Crippen LogP contribution in [0.5, 0.6) is 0 Å². The van der Waals surface area contributed by atoms with Gasteiger partial charge >= 0.3 is 11.8 Å². The first-order chi connectivity index (χ1) is 9.70. The van der Waals surface area contributed by atoms with E-state index in [4.69, 9.17) is 5.73 Å². The van der Waals surface area contributed by atoms with Crippen LogP contribution >= 0.6 is 12.2 Å². The fourth-order valence-corrected chi connectivity index (χ4v) is 2.07. The van der Waals surface area contributed by atoms with Gasteiger partial charge in [-0.05, 0) is 17.7 Å². The lowest BCUT2D eigenvalue weighted by Gasteiger charge is -2.06. The molecule has 0 bridgehead atoms. The summed E-state index contributed by atoms with van der Waals surface area (Å²) in [6.07, 6.45) is 1.11. The Balaban J connectivity index is 2.53. The molecule has 0 saturated carbocycles. The molecule has 7 nitrogen and oxygen atoms in total. The highest BCUT2D eigenvalue weighted by molar-refractivity contribution is 7.90. The van der Waals surface area contributed by atoms with Crippen LogP contribution in [0.4, 0.5) is 0 Å². The molecule has 0 heterocycles. The quantitative estimate of drug-likeness (QED) is 0.476. The Morgan fingerprint density at radius 3 is 2.14 bits per heavy atom. The number of nitrogens with two attached hydrogens (primary N) is 1. The van der Waals surface area contributed by atoms with E-state index in [-0.39, 0.29) is 23.0 Å². The second kappa shape index (κ2) is 7.14. The standard InChI is InChI=1S/C12H15N3O4S2/c1-21(18,19)9-4-2-8(3-5-9)6-14-11(16)12(17)15-7-10(13)20/h2-5H,6-7H2,1H3,(H2,13,20)(H,14,16)(H,15,17). The Hall–Kier alpha value is -2.00. The molecule has 0 saturated heterocycles. The molecule has 0 aromatic heterocycles. The molecule has 0 radical (unpaired) electrons. The van der Waals surface area contributed by atoms with E-state index >= 15 is 0 Å². The summed E-state index contributed by atoms with van der Waals surface area (Å²) in [4.78, 5) is 23.1. The lowest BCUT2D eigenvalue weighted by molar-refractivity contribution is -0.139. The van der Waals surface area contributed by atoms with Crippen LogP contribution in [0.2, 0.25) is 0 Å². The van der Waals surface area contributed by atoms with Gasteiger partial charge in [-0.1, -0.05) is 24.4 Å². The van der Waals surface area contributed by atoms with E-state index in [1.165, 1.54) is 12.1 Å². The molecule has 2 amide bonds. The summed E-state index contributed by atoms with van der Waals surface area (Å²) in [7, 11) is -3.26. The summed E-state index contributed by atoms with van der Waals surface area (Å²) >= 11 is 4.57. The van der Waals surface area contributed by atoms with Gasteiger partial charge in [-0.25, -0.2) is 8.42 Å². The van der Waals surface area contributed by atoms with Gasteiger partial charge in [-0.3, -0.25) is 9.59 Å². The second-order valence-electron chi connectivity index (χ2n) is 4.25. The van der Waals surface area contributed by atoms with E-state index in [0.29, 0.717) is 5.56 Å². The first-order valence-electron chi connectivity index (χ1n) is 5.83. The number of thiocarbonyl (C=S) groups is 1. The smallest absolute Gasteiger partial charge is 0.309 e. The highest BCUT2D eigenvalue weighted by Gasteiger charge is 2.13. The molecule has 21 heavy (non-hydrogen) atoms. The van der Waals surface area contributed by atoms with E-state index in [2.05, 4.69) is 22.9 Å². The number of nitrogens with one attached hydrogen (secondary N) is 2. The number of carbonyl (C=O) groups is 2. The van der Waals surface area contributed by atoms with Gasteiger partial charge in [0.25, 0.3) is 0 Å². The zero-order valence-corrected chi connectivity index (χ0v) is 12.9. The van der Waals surface area contributed by atoms with Crippen LogP contribution in [0.15, 0.2) is 29.2 Å². The summed E-state index contributed by atoms with van der Waals surface area (Å²) in [6, 6.07) is 5.99. The van der Waals surface area contributed by atoms with E-state index in [1.807, 2.05) is 0 Å². The van der Waals surface area contributed by atoms with Gasteiger partial charge in [0.1, 0.15) is 0 Å². The largest absolute Gasteiger partial charge is 0.392 e. The van der Waals surface area contributed by atoms with Gasteiger partial charge in [-0.2, -0.15) is 0 Å². The molecular formula is C12H15N3O4S2. The maximum atomic E-state index is 11.5. The average Bonchev–Trinajstić information content (AvgIpc) is 2.41. The number of benzene rings is 1. The Labute approximate surface area is 127 Å². The third-order valence-corrected chi connectivity index (χ3v) is 3.71. The van der Waals surface area contributed by atoms with Crippen LogP contribution in [0.25, 0.3) is 0 Å². The Kier molecular flexibility index (Phi) is 5.79. The van der Waals surface area contributed by atoms with Crippen molar-refractivity contribution in [3.63, 3.8) is 0 Å². The summed E-state index contributed by atoms with van der Waals surface area (Å²) in [5, 5.41) is 4.65. The number of carbonyl (C=O) groups excluding carboxylic acids is 2. The maximum absolute atomic E-state index is 11.5. The Morgan fingerprint density at radius 1 is 1.14 bits per heavy atom. The number of hydrogen-bond donors (Lipinski definition) is 3. The molecule has 0 spiro atoms. The van der Waals surface area contributed by atoms with Gasteiger partial charge in [0.15, 0.2) is 9.84 Å². The van der Waals surface area contributed by atoms with Crippen LogP contribution in [0, 0.1) is 0 Å². The van der Waals surface area contributed by atoms with Crippen LogP contribution in [-0.4, -0.2) is 38.0 Å². The minimum atomic E-state index is -3.26. The third kappa shape index (κ3) is 5.88. The molecule has 1 aromatic carbocycles. The fourth-order valence-electron chi connectivity index (χ4n) is 1.36. The van der Waals surface area contributed by atoms with Crippen molar-refractivity contribution in [3.8, 4) is 0 Å². The van der Waals surface area contributed by atoms with E-state index in [0.717, 1.165) is 6.26 Å². The molecule has 0 aliphatic carbocycles. The zero-order valence-electron chi connectivity index (χ0n) is 11.3. The normalized spacial score (nSPS) is 10.7. The van der Waals surface area contributed by atoms with Crippen LogP contribution < -0.4 is 16.4 Å². The predicted molar refractivity (Wildman–Crippen MR) is 81.2 cm³/mol. The first-order valence-corrected chi connectivity index (χ1v) is 8.13. The lowest BCUT2D eigenvalue weighted by Crippen LogP contribution is -2.42. The highest BCUT2D eigenvalue weighted by Crippen LogP contribution is 2.09. The Morgan fingerprint density at radius 2 is 1.67 bits per heavy atom. The molecule has 4 N–H and O–H groups in total. The first kappa shape index (κ1) is 17.1. The molecule has 0 unspecified atom stereocenters. The molecule has 0 aliphatic rings. The molecule has 0 aliphatic heterocycles. The highest BCUT2D eigenvalue weighted by atomic mass is 32.2. The summed E-state index contributed by atoms with van der Waals surface area (Å²) in [5.41, 5.74) is 5.86. The van der Waals surface area contributed by atoms with Gasteiger partial charge in [-0.15, -0.1) is 0 Å². The SMILES string of the molecule is CS(=O)(=O)c1ccc(CNC(=O)C(=O)NCC(N)=S)cc1. The van der Waals surface area contributed by atoms with Crippen molar-refractivity contribution < 1.29 is 18.0 Å². The number of rotatable bonds is 5. The summed E-state index contributed by atoms with van der Waals surface area (Å²) < 4.78 is 22.6. The van der Waals surface area contributed by atoms with E-state index < -0.39 is 21.7 Å². The van der Waals surface area contributed by atoms with Crippen molar-refractivity contribution in [1.82, 2.24) is 10.6 Å². The Bertz CT molecular complexity index is 654. The van der Waals surface area contributed by atoms with Gasteiger partial charge in [0.2, 0.25) is 0 Å². The van der Waals surface area contributed by atoms with Crippen molar-refractivity contribution in [2.24, 2.45) is 5.73 Å². The van der Waals surface area contributed by atoms with Gasteiger partial charge < -0.3 is 16.4 Å². The van der Waals surface area contributed by atoms with Crippen LogP contribution in [0.1, 0.15) is 5.56 Å². The van der Waals surface area contributed by atoms with Crippen molar-refractivity contribution in [2.75, 3.05) is 12.8 Å². The minimum Gasteiger partial charge on any atom is -0.392 e. The van der Waals surface area contributed by atoms with Crippen molar-refractivity contribution in [2.45, 2.75) is 11.4 Å². The van der Waals surface area contributed by atoms with Gasteiger partial charge in [0.05, 0.1) is 16.4 Å². The van der Waals surface area contributed by atoms with Crippen molar-refractivity contribution in [1.29, 1.82) is 0 Å². The maximum Gasteiger partial charge on any atom is 0.309 e. The minimum absolute atomic E-state index is 0.0509. The van der Waals surface area contributed by atoms with Crippen LogP contribution in [0.3, 0.4) is 0 Å². The topological polar surface area (TPSA) is 118 Å². The number of amides is 2. The second-order valence-corrected chi connectivity index (χ2v) is 6.79. The molecule has 1 rings (SSSR count). The van der Waals surface area contributed by atoms with Crippen LogP contribution in [-0.2, 0) is 26.0 Å². The fraction of sp³-hybridized carbons (Fsp3) is 0.250. The van der Waals surface area contributed by atoms with E-state index in [9.17, 15) is 18.0 Å². The molecule has 0 fully saturated rings. The van der Waals surface area contributed by atoms with Crippen molar-refractivity contribution >= 4 is 38.9 Å². The lowest BCUT2D eigenvalue weighted by atomic mass is 10.2. The average molecular weight is 329 g/mol. The zero-order chi connectivity index (χ0) is 16.0. The molecule has 9 heteroatoms. The van der Waals surface area contributed by atoms with Gasteiger partial charge in [0, 0.05) is 12.8 Å². The predicted octanol–water partition coefficient (Wildman–Crippen LogP) is -0.891. The van der Waals surface area contributed by atoms with Crippen molar-refractivity contribution in [3.05, 3.63) is 29.8 Å².